The first-order valence-corrected chi connectivity index (χ1v) is 8.48. The van der Waals surface area contributed by atoms with E-state index in [9.17, 15) is 14.0 Å². The second kappa shape index (κ2) is 7.92. The Morgan fingerprint density at radius 3 is 2.56 bits per heavy atom. The number of amides is 2. The van der Waals surface area contributed by atoms with Gasteiger partial charge in [0, 0.05) is 19.6 Å². The Kier molecular flexibility index (Phi) is 5.43. The Hall–Kier alpha value is -2.69. The van der Waals surface area contributed by atoms with E-state index >= 15 is 0 Å². The lowest BCUT2D eigenvalue weighted by molar-refractivity contribution is -0.136. The molecule has 1 aliphatic rings. The minimum atomic E-state index is -0.319. The second-order valence-corrected chi connectivity index (χ2v) is 6.20. The molecule has 25 heavy (non-hydrogen) atoms. The molecule has 2 aromatic carbocycles. The molecule has 0 aliphatic carbocycles. The molecule has 2 aromatic rings. The number of nitrogens with zero attached hydrogens (tertiary/aromatic N) is 1. The van der Waals surface area contributed by atoms with Crippen LogP contribution >= 0.6 is 0 Å². The van der Waals surface area contributed by atoms with Crippen molar-refractivity contribution in [3.63, 3.8) is 0 Å². The average Bonchev–Trinajstić information content (AvgIpc) is 2.63. The Labute approximate surface area is 146 Å². The van der Waals surface area contributed by atoms with Crippen LogP contribution < -0.4 is 5.32 Å². The van der Waals surface area contributed by atoms with E-state index in [0.717, 1.165) is 12.0 Å². The third-order valence-corrected chi connectivity index (χ3v) is 4.47. The summed E-state index contributed by atoms with van der Waals surface area (Å²) in [5.41, 5.74) is 2.96. The molecule has 2 amide bonds. The summed E-state index contributed by atoms with van der Waals surface area (Å²) in [6, 6.07) is 14.5. The Morgan fingerprint density at radius 1 is 1.04 bits per heavy atom. The predicted molar refractivity (Wildman–Crippen MR) is 93.3 cm³/mol. The molecule has 1 aliphatic heterocycles. The third kappa shape index (κ3) is 4.44. The molecule has 0 saturated carbocycles. The van der Waals surface area contributed by atoms with Crippen molar-refractivity contribution >= 4 is 11.8 Å². The van der Waals surface area contributed by atoms with Gasteiger partial charge in [0.25, 0.3) is 0 Å². The highest BCUT2D eigenvalue weighted by Crippen LogP contribution is 2.18. The highest BCUT2D eigenvalue weighted by atomic mass is 19.1. The molecule has 130 valence electrons. The Morgan fingerprint density at radius 2 is 1.76 bits per heavy atom. The summed E-state index contributed by atoms with van der Waals surface area (Å²) in [5.74, 6) is -0.766. The summed E-state index contributed by atoms with van der Waals surface area (Å²) < 4.78 is 13.5. The van der Waals surface area contributed by atoms with E-state index in [-0.39, 0.29) is 24.1 Å². The van der Waals surface area contributed by atoms with Gasteiger partial charge >= 0.3 is 0 Å². The van der Waals surface area contributed by atoms with Crippen molar-refractivity contribution in [1.82, 2.24) is 10.2 Å². The zero-order chi connectivity index (χ0) is 17.6. The van der Waals surface area contributed by atoms with E-state index < -0.39 is 0 Å². The molecule has 3 rings (SSSR count). The average molecular weight is 340 g/mol. The third-order valence-electron chi connectivity index (χ3n) is 4.47. The van der Waals surface area contributed by atoms with Crippen LogP contribution in [-0.2, 0) is 29.0 Å². The van der Waals surface area contributed by atoms with Gasteiger partial charge < -0.3 is 10.2 Å². The highest BCUT2D eigenvalue weighted by Gasteiger charge is 2.22. The first-order valence-electron chi connectivity index (χ1n) is 8.48. The van der Waals surface area contributed by atoms with Crippen molar-refractivity contribution in [2.45, 2.75) is 25.8 Å². The van der Waals surface area contributed by atoms with E-state index in [1.165, 1.54) is 11.6 Å². The summed E-state index contributed by atoms with van der Waals surface area (Å²) in [6.45, 7) is 1.51. The van der Waals surface area contributed by atoms with Crippen LogP contribution in [0.25, 0.3) is 0 Å². The van der Waals surface area contributed by atoms with Crippen molar-refractivity contribution in [1.29, 1.82) is 0 Å². The van der Waals surface area contributed by atoms with Gasteiger partial charge in [-0.15, -0.1) is 0 Å². The van der Waals surface area contributed by atoms with Crippen LogP contribution in [0.2, 0.25) is 0 Å². The number of carbonyl (C=O) groups is 2. The van der Waals surface area contributed by atoms with Crippen LogP contribution in [-0.4, -0.2) is 29.8 Å². The molecule has 0 radical (unpaired) electrons. The molecule has 0 unspecified atom stereocenters. The zero-order valence-corrected chi connectivity index (χ0v) is 14.0. The van der Waals surface area contributed by atoms with E-state index in [2.05, 4.69) is 11.4 Å². The summed E-state index contributed by atoms with van der Waals surface area (Å²) in [5, 5.41) is 2.69. The van der Waals surface area contributed by atoms with Crippen LogP contribution in [0.4, 0.5) is 4.39 Å². The number of benzene rings is 2. The number of fused-ring (bicyclic) bond motifs is 1. The van der Waals surface area contributed by atoms with Gasteiger partial charge in [0.05, 0.1) is 0 Å². The summed E-state index contributed by atoms with van der Waals surface area (Å²) in [4.78, 5) is 26.0. The summed E-state index contributed by atoms with van der Waals surface area (Å²) in [6.07, 6.45) is 1.06. The number of hydrogen-bond donors (Lipinski definition) is 1. The fourth-order valence-corrected chi connectivity index (χ4v) is 3.06. The maximum absolute atomic E-state index is 13.5. The van der Waals surface area contributed by atoms with Crippen LogP contribution in [0.5, 0.6) is 0 Å². The van der Waals surface area contributed by atoms with Crippen molar-refractivity contribution in [3.05, 3.63) is 71.0 Å². The van der Waals surface area contributed by atoms with Gasteiger partial charge in [-0.2, -0.15) is 0 Å². The van der Waals surface area contributed by atoms with Crippen molar-refractivity contribution < 1.29 is 14.0 Å². The second-order valence-electron chi connectivity index (χ2n) is 6.20. The molecule has 5 heteroatoms. The maximum atomic E-state index is 13.5. The highest BCUT2D eigenvalue weighted by molar-refractivity contribution is 5.96. The minimum Gasteiger partial charge on any atom is -0.355 e. The number of rotatable bonds is 5. The van der Waals surface area contributed by atoms with Gasteiger partial charge in [-0.05, 0) is 35.6 Å². The quantitative estimate of drug-likeness (QED) is 0.850. The Bertz CT molecular complexity index is 776. The first kappa shape index (κ1) is 17.1. The number of carbonyl (C=O) groups excluding carboxylic acids is 2. The molecule has 1 heterocycles. The standard InChI is InChI=1S/C20H21FN2O2/c21-18-8-4-3-6-16(18)9-11-22-19(24)13-20(25)23-12-10-15-5-1-2-7-17(15)14-23/h1-8H,9-14H2,(H,22,24). The predicted octanol–water partition coefficient (Wildman–Crippen LogP) is 2.46. The van der Waals surface area contributed by atoms with Crippen LogP contribution in [0.15, 0.2) is 48.5 Å². The lowest BCUT2D eigenvalue weighted by Gasteiger charge is -2.28. The molecular weight excluding hydrogens is 319 g/mol. The lowest BCUT2D eigenvalue weighted by Crippen LogP contribution is -2.39. The van der Waals surface area contributed by atoms with Gasteiger partial charge in [0.15, 0.2) is 0 Å². The van der Waals surface area contributed by atoms with E-state index in [4.69, 9.17) is 0 Å². The van der Waals surface area contributed by atoms with E-state index in [1.807, 2.05) is 18.2 Å². The van der Waals surface area contributed by atoms with E-state index in [0.29, 0.717) is 31.6 Å². The van der Waals surface area contributed by atoms with Crippen molar-refractivity contribution in [2.75, 3.05) is 13.1 Å². The molecular formula is C20H21FN2O2. The summed E-state index contributed by atoms with van der Waals surface area (Å²) >= 11 is 0. The van der Waals surface area contributed by atoms with Crippen LogP contribution in [0.1, 0.15) is 23.1 Å². The fraction of sp³-hybridized carbons (Fsp3) is 0.300. The molecule has 0 fully saturated rings. The van der Waals surface area contributed by atoms with Crippen LogP contribution in [0, 0.1) is 5.82 Å². The van der Waals surface area contributed by atoms with Gasteiger partial charge in [-0.1, -0.05) is 42.5 Å². The molecule has 0 atom stereocenters. The maximum Gasteiger partial charge on any atom is 0.232 e. The Balaban J connectivity index is 1.45. The number of nitrogens with one attached hydrogen (secondary N) is 1. The molecule has 4 nitrogen and oxygen atoms in total. The molecule has 0 aromatic heterocycles. The topological polar surface area (TPSA) is 49.4 Å². The first-order chi connectivity index (χ1) is 12.1. The van der Waals surface area contributed by atoms with Crippen molar-refractivity contribution in [2.24, 2.45) is 0 Å². The molecule has 0 spiro atoms. The smallest absolute Gasteiger partial charge is 0.232 e. The zero-order valence-electron chi connectivity index (χ0n) is 14.0. The van der Waals surface area contributed by atoms with E-state index in [1.54, 1.807) is 23.1 Å². The van der Waals surface area contributed by atoms with Gasteiger partial charge in [-0.3, -0.25) is 9.59 Å². The van der Waals surface area contributed by atoms with Crippen LogP contribution in [0.3, 0.4) is 0 Å². The largest absolute Gasteiger partial charge is 0.355 e. The minimum absolute atomic E-state index is 0.167. The molecule has 0 saturated heterocycles. The van der Waals surface area contributed by atoms with Gasteiger partial charge in [0.1, 0.15) is 12.2 Å². The SMILES string of the molecule is O=C(CC(=O)N1CCc2ccccc2C1)NCCc1ccccc1F. The van der Waals surface area contributed by atoms with Gasteiger partial charge in [-0.25, -0.2) is 4.39 Å². The molecule has 0 bridgehead atoms. The van der Waals surface area contributed by atoms with Gasteiger partial charge in [0.2, 0.25) is 11.8 Å². The van der Waals surface area contributed by atoms with Crippen molar-refractivity contribution in [3.8, 4) is 0 Å². The number of halogens is 1. The summed E-state index contributed by atoms with van der Waals surface area (Å²) in [7, 11) is 0. The normalized spacial score (nSPS) is 13.2. The lowest BCUT2D eigenvalue weighted by atomic mass is 10.00. The molecule has 1 N–H and O–H groups in total. The fourth-order valence-electron chi connectivity index (χ4n) is 3.06. The monoisotopic (exact) mass is 340 g/mol. The number of hydrogen-bond acceptors (Lipinski definition) is 2.